The van der Waals surface area contributed by atoms with E-state index in [1.807, 2.05) is 0 Å². The summed E-state index contributed by atoms with van der Waals surface area (Å²) in [6.45, 7) is -5.15. The Labute approximate surface area is 113 Å². The van der Waals surface area contributed by atoms with Crippen LogP contribution in [0.3, 0.4) is 0 Å². The summed E-state index contributed by atoms with van der Waals surface area (Å²) in [5, 5.41) is 0.694. The summed E-state index contributed by atoms with van der Waals surface area (Å²) in [7, 11) is 0. The molecule has 19 heavy (non-hydrogen) atoms. The summed E-state index contributed by atoms with van der Waals surface area (Å²) >= 11 is 5.31. The molecular formula is C13H10BClF3O-. The molecule has 0 aromatic heterocycles. The highest BCUT2D eigenvalue weighted by atomic mass is 35.5. The lowest BCUT2D eigenvalue weighted by atomic mass is 9.76. The summed E-state index contributed by atoms with van der Waals surface area (Å²) in [5.74, 6) is -0.166. The van der Waals surface area contributed by atoms with E-state index in [2.05, 4.69) is 0 Å². The maximum absolute atomic E-state index is 13.2. The average Bonchev–Trinajstić information content (AvgIpc) is 2.37. The van der Waals surface area contributed by atoms with Gasteiger partial charge in [-0.3, -0.25) is 0 Å². The van der Waals surface area contributed by atoms with E-state index < -0.39 is 12.4 Å². The highest BCUT2D eigenvalue weighted by molar-refractivity contribution is 6.76. The minimum Gasteiger partial charge on any atom is -0.492 e. The third-order valence-electron chi connectivity index (χ3n) is 2.68. The van der Waals surface area contributed by atoms with Crippen LogP contribution in [0.25, 0.3) is 10.8 Å². The minimum absolute atomic E-state index is 0.000992. The second-order valence-electron chi connectivity index (χ2n) is 3.95. The molecule has 100 valence electrons. The quantitative estimate of drug-likeness (QED) is 0.771. The molecule has 0 saturated heterocycles. The van der Waals surface area contributed by atoms with Crippen molar-refractivity contribution in [1.82, 2.24) is 0 Å². The zero-order valence-electron chi connectivity index (χ0n) is 9.82. The van der Waals surface area contributed by atoms with Gasteiger partial charge >= 0.3 is 6.98 Å². The van der Waals surface area contributed by atoms with Crippen molar-refractivity contribution in [2.45, 2.75) is 0 Å². The predicted molar refractivity (Wildman–Crippen MR) is 73.1 cm³/mol. The van der Waals surface area contributed by atoms with E-state index >= 15 is 0 Å². The lowest BCUT2D eigenvalue weighted by Gasteiger charge is -2.22. The van der Waals surface area contributed by atoms with Crippen LogP contribution < -0.4 is 10.2 Å². The van der Waals surface area contributed by atoms with Crippen molar-refractivity contribution in [2.24, 2.45) is 0 Å². The van der Waals surface area contributed by atoms with Gasteiger partial charge < -0.3 is 17.7 Å². The molecule has 0 aliphatic heterocycles. The lowest BCUT2D eigenvalue weighted by molar-refractivity contribution is 0.363. The Morgan fingerprint density at radius 1 is 1.11 bits per heavy atom. The highest BCUT2D eigenvalue weighted by Gasteiger charge is 2.31. The zero-order chi connectivity index (χ0) is 13.9. The average molecular weight is 285 g/mol. The van der Waals surface area contributed by atoms with Crippen LogP contribution in [0.5, 0.6) is 5.75 Å². The molecule has 0 radical (unpaired) electrons. The van der Waals surface area contributed by atoms with Crippen molar-refractivity contribution in [2.75, 3.05) is 6.61 Å². The van der Waals surface area contributed by atoms with Crippen molar-refractivity contribution < 1.29 is 17.7 Å². The van der Waals surface area contributed by atoms with Gasteiger partial charge in [-0.05, 0) is 22.9 Å². The topological polar surface area (TPSA) is 9.23 Å². The Hall–Kier alpha value is -1.62. The number of halogens is 4. The van der Waals surface area contributed by atoms with Crippen LogP contribution in [-0.2, 0) is 0 Å². The molecule has 0 spiro atoms. The monoisotopic (exact) mass is 285 g/mol. The van der Waals surface area contributed by atoms with Gasteiger partial charge in [-0.15, -0.1) is 0 Å². The van der Waals surface area contributed by atoms with Crippen molar-refractivity contribution in [3.63, 3.8) is 0 Å². The third-order valence-corrected chi connectivity index (χ3v) is 2.86. The molecular weight excluding hydrogens is 275 g/mol. The number of ether oxygens (including phenoxy) is 1. The van der Waals surface area contributed by atoms with E-state index in [9.17, 15) is 12.9 Å². The molecule has 2 aromatic carbocycles. The summed E-state index contributed by atoms with van der Waals surface area (Å²) in [5.41, 5.74) is 0.514. The van der Waals surface area contributed by atoms with Gasteiger partial charge in [0.1, 0.15) is 6.61 Å². The van der Waals surface area contributed by atoms with E-state index in [4.69, 9.17) is 16.3 Å². The van der Waals surface area contributed by atoms with Crippen molar-refractivity contribution >= 4 is 34.8 Å². The predicted octanol–water partition coefficient (Wildman–Crippen LogP) is 4.03. The van der Waals surface area contributed by atoms with Crippen LogP contribution in [0, 0.1) is 0 Å². The van der Waals surface area contributed by atoms with Crippen molar-refractivity contribution in [3.05, 3.63) is 48.0 Å². The van der Waals surface area contributed by atoms with Crippen LogP contribution in [0.2, 0.25) is 0 Å². The fourth-order valence-corrected chi connectivity index (χ4v) is 1.99. The largest absolute Gasteiger partial charge is 0.513 e. The second kappa shape index (κ2) is 5.57. The number of fused-ring (bicyclic) bond motifs is 1. The summed E-state index contributed by atoms with van der Waals surface area (Å²) in [6, 6.07) is 9.32. The van der Waals surface area contributed by atoms with Gasteiger partial charge in [0.2, 0.25) is 0 Å². The van der Waals surface area contributed by atoms with Crippen LogP contribution in [0.1, 0.15) is 0 Å². The van der Waals surface area contributed by atoms with Gasteiger partial charge in [0, 0.05) is 5.54 Å². The van der Waals surface area contributed by atoms with Crippen LogP contribution in [0.15, 0.2) is 48.0 Å². The van der Waals surface area contributed by atoms with Gasteiger partial charge in [0.05, 0.1) is 5.75 Å². The second-order valence-corrected chi connectivity index (χ2v) is 4.20. The van der Waals surface area contributed by atoms with Crippen molar-refractivity contribution in [1.29, 1.82) is 0 Å². The van der Waals surface area contributed by atoms with E-state index in [-0.39, 0.29) is 17.7 Å². The van der Waals surface area contributed by atoms with Crippen molar-refractivity contribution in [3.8, 4) is 5.75 Å². The standard InChI is InChI=1S/C13H10BClF3O/c15-8-3-9-19-12-7-6-10-4-1-2-5-11(10)13(12)14(16,17)18/h1-8H,9H2/q-1/b8-3+. The van der Waals surface area contributed by atoms with Gasteiger partial charge in [0.25, 0.3) is 0 Å². The summed E-state index contributed by atoms with van der Waals surface area (Å²) in [4.78, 5) is 0. The number of hydrogen-bond donors (Lipinski definition) is 0. The number of benzene rings is 2. The molecule has 2 rings (SSSR count). The van der Waals surface area contributed by atoms with Crippen LogP contribution >= 0.6 is 11.6 Å². The minimum atomic E-state index is -5.15. The molecule has 2 aromatic rings. The molecule has 0 aliphatic carbocycles. The molecule has 0 N–H and O–H groups in total. The van der Waals surface area contributed by atoms with Crippen LogP contribution in [-0.4, -0.2) is 13.6 Å². The molecule has 0 atom stereocenters. The Bertz CT molecular complexity index is 610. The Morgan fingerprint density at radius 3 is 2.53 bits per heavy atom. The first kappa shape index (κ1) is 13.8. The molecule has 0 bridgehead atoms. The smallest absolute Gasteiger partial charge is 0.492 e. The zero-order valence-corrected chi connectivity index (χ0v) is 10.6. The normalized spacial score (nSPS) is 12.2. The fraction of sp³-hybridized carbons (Fsp3) is 0.0769. The maximum Gasteiger partial charge on any atom is 0.513 e. The molecule has 6 heteroatoms. The SMILES string of the molecule is F[B-](F)(F)c1c(OC/C=C/Cl)ccc2ccccc12. The first-order chi connectivity index (χ1) is 9.04. The fourth-order valence-electron chi connectivity index (χ4n) is 1.91. The molecule has 0 fully saturated rings. The summed E-state index contributed by atoms with van der Waals surface area (Å²) in [6.07, 6.45) is 1.43. The first-order valence-corrected chi connectivity index (χ1v) is 6.07. The van der Waals surface area contributed by atoms with E-state index in [1.165, 1.54) is 23.7 Å². The van der Waals surface area contributed by atoms with E-state index in [0.717, 1.165) is 0 Å². The molecule has 0 saturated carbocycles. The third kappa shape index (κ3) is 3.04. The maximum atomic E-state index is 13.2. The summed E-state index contributed by atoms with van der Waals surface area (Å²) < 4.78 is 44.8. The Balaban J connectivity index is 2.57. The molecule has 0 amide bonds. The lowest BCUT2D eigenvalue weighted by Crippen LogP contribution is -2.36. The first-order valence-electron chi connectivity index (χ1n) is 5.63. The number of hydrogen-bond acceptors (Lipinski definition) is 1. The molecule has 0 unspecified atom stereocenters. The Morgan fingerprint density at radius 2 is 1.84 bits per heavy atom. The van der Waals surface area contributed by atoms with Gasteiger partial charge in [-0.1, -0.05) is 47.4 Å². The Kier molecular flexibility index (Phi) is 4.05. The highest BCUT2D eigenvalue weighted by Crippen LogP contribution is 2.25. The molecule has 0 aliphatic rings. The van der Waals surface area contributed by atoms with E-state index in [0.29, 0.717) is 5.39 Å². The van der Waals surface area contributed by atoms with Gasteiger partial charge in [-0.2, -0.15) is 0 Å². The van der Waals surface area contributed by atoms with E-state index in [1.54, 1.807) is 24.3 Å². The number of rotatable bonds is 4. The molecule has 1 nitrogen and oxygen atoms in total. The van der Waals surface area contributed by atoms with Crippen LogP contribution in [0.4, 0.5) is 12.9 Å². The van der Waals surface area contributed by atoms with Gasteiger partial charge in [-0.25, -0.2) is 0 Å². The van der Waals surface area contributed by atoms with Gasteiger partial charge in [0.15, 0.2) is 0 Å². The molecule has 0 heterocycles.